The molecule has 0 saturated carbocycles. The van der Waals surface area contributed by atoms with E-state index in [-0.39, 0.29) is 0 Å². The van der Waals surface area contributed by atoms with E-state index >= 15 is 0 Å². The normalized spacial score (nSPS) is 10.3. The summed E-state index contributed by atoms with van der Waals surface area (Å²) in [5.41, 5.74) is 2.47. The summed E-state index contributed by atoms with van der Waals surface area (Å²) in [6.07, 6.45) is 6.10. The van der Waals surface area contributed by atoms with Gasteiger partial charge in [0.15, 0.2) is 0 Å². The first-order chi connectivity index (χ1) is 11.4. The second kappa shape index (κ2) is 7.89. The van der Waals surface area contributed by atoms with Crippen LogP contribution in [0.15, 0.2) is 67.3 Å². The molecule has 116 valence electrons. The molecule has 5 heteroatoms. The van der Waals surface area contributed by atoms with Crippen LogP contribution in [0, 0.1) is 0 Å². The summed E-state index contributed by atoms with van der Waals surface area (Å²) < 4.78 is 0. The lowest BCUT2D eigenvalue weighted by molar-refractivity contribution is 0.996. The third-order valence-electron chi connectivity index (χ3n) is 3.45. The quantitative estimate of drug-likeness (QED) is 0.702. The van der Waals surface area contributed by atoms with Crippen LogP contribution >= 0.6 is 0 Å². The molecule has 3 rings (SSSR count). The van der Waals surface area contributed by atoms with E-state index in [1.54, 1.807) is 18.7 Å². The van der Waals surface area contributed by atoms with Crippen molar-refractivity contribution in [3.63, 3.8) is 0 Å². The Balaban J connectivity index is 1.51. The lowest BCUT2D eigenvalue weighted by Crippen LogP contribution is -2.08. The van der Waals surface area contributed by atoms with Crippen molar-refractivity contribution in [1.82, 2.24) is 15.0 Å². The van der Waals surface area contributed by atoms with E-state index in [0.717, 1.165) is 30.2 Å². The molecule has 0 bridgehead atoms. The van der Waals surface area contributed by atoms with Gasteiger partial charge in [-0.15, -0.1) is 0 Å². The van der Waals surface area contributed by atoms with Crippen molar-refractivity contribution in [2.75, 3.05) is 17.2 Å². The predicted octanol–water partition coefficient (Wildman–Crippen LogP) is 3.14. The van der Waals surface area contributed by atoms with Crippen LogP contribution in [0.1, 0.15) is 11.1 Å². The van der Waals surface area contributed by atoms with Crippen molar-refractivity contribution in [2.24, 2.45) is 0 Å². The molecule has 23 heavy (non-hydrogen) atoms. The van der Waals surface area contributed by atoms with Gasteiger partial charge in [-0.1, -0.05) is 30.3 Å². The van der Waals surface area contributed by atoms with Crippen molar-refractivity contribution in [1.29, 1.82) is 0 Å². The first kappa shape index (κ1) is 15.0. The molecule has 0 fully saturated rings. The summed E-state index contributed by atoms with van der Waals surface area (Å²) in [7, 11) is 0. The van der Waals surface area contributed by atoms with Crippen LogP contribution < -0.4 is 10.6 Å². The fourth-order valence-corrected chi connectivity index (χ4v) is 2.22. The summed E-state index contributed by atoms with van der Waals surface area (Å²) in [5, 5.41) is 6.62. The molecule has 0 aliphatic carbocycles. The smallest absolute Gasteiger partial charge is 0.131 e. The largest absolute Gasteiger partial charge is 0.370 e. The molecule has 0 aliphatic rings. The maximum atomic E-state index is 4.25. The van der Waals surface area contributed by atoms with Crippen LogP contribution in [0.25, 0.3) is 0 Å². The van der Waals surface area contributed by atoms with Gasteiger partial charge in [-0.2, -0.15) is 0 Å². The fraction of sp³-hybridized carbons (Fsp3) is 0.167. The number of hydrogen-bond donors (Lipinski definition) is 2. The van der Waals surface area contributed by atoms with Crippen LogP contribution in [0.3, 0.4) is 0 Å². The van der Waals surface area contributed by atoms with Crippen molar-refractivity contribution in [3.05, 3.63) is 78.4 Å². The first-order valence-corrected chi connectivity index (χ1v) is 7.63. The molecule has 2 aromatic heterocycles. The minimum absolute atomic E-state index is 0.711. The second-order valence-electron chi connectivity index (χ2n) is 5.16. The van der Waals surface area contributed by atoms with Crippen molar-refractivity contribution >= 4 is 11.6 Å². The second-order valence-corrected chi connectivity index (χ2v) is 5.16. The molecule has 0 aliphatic heterocycles. The standard InChI is InChI=1S/C18H19N5/c1-2-4-15(5-3-1)8-11-20-17-12-18(23-14-22-17)21-13-16-6-9-19-10-7-16/h1-7,9-10,12,14H,8,11,13H2,(H2,20,21,22,23). The number of pyridine rings is 1. The number of nitrogens with one attached hydrogen (secondary N) is 2. The van der Waals surface area contributed by atoms with Gasteiger partial charge in [-0.25, -0.2) is 9.97 Å². The molecule has 0 spiro atoms. The van der Waals surface area contributed by atoms with Gasteiger partial charge < -0.3 is 10.6 Å². The van der Waals surface area contributed by atoms with Crippen LogP contribution in [-0.4, -0.2) is 21.5 Å². The number of nitrogens with zero attached hydrogens (tertiary/aromatic N) is 3. The zero-order valence-corrected chi connectivity index (χ0v) is 12.8. The Bertz CT molecular complexity index is 716. The summed E-state index contributed by atoms with van der Waals surface area (Å²) in [6, 6.07) is 16.3. The van der Waals surface area contributed by atoms with Gasteiger partial charge >= 0.3 is 0 Å². The lowest BCUT2D eigenvalue weighted by Gasteiger charge is -2.08. The van der Waals surface area contributed by atoms with Crippen molar-refractivity contribution in [3.8, 4) is 0 Å². The highest BCUT2D eigenvalue weighted by molar-refractivity contribution is 5.46. The van der Waals surface area contributed by atoms with Crippen molar-refractivity contribution in [2.45, 2.75) is 13.0 Å². The van der Waals surface area contributed by atoms with Crippen LogP contribution in [0.2, 0.25) is 0 Å². The van der Waals surface area contributed by atoms with Gasteiger partial charge in [0.2, 0.25) is 0 Å². The molecule has 2 heterocycles. The highest BCUT2D eigenvalue weighted by Crippen LogP contribution is 2.10. The molecule has 0 radical (unpaired) electrons. The van der Waals surface area contributed by atoms with Crippen LogP contribution in [0.5, 0.6) is 0 Å². The van der Waals surface area contributed by atoms with Gasteiger partial charge in [-0.3, -0.25) is 4.98 Å². The highest BCUT2D eigenvalue weighted by atomic mass is 15.1. The van der Waals surface area contributed by atoms with E-state index in [4.69, 9.17) is 0 Å². The topological polar surface area (TPSA) is 62.7 Å². The molecular formula is C18H19N5. The van der Waals surface area contributed by atoms with E-state index < -0.39 is 0 Å². The van der Waals surface area contributed by atoms with Gasteiger partial charge in [0.1, 0.15) is 18.0 Å². The van der Waals surface area contributed by atoms with E-state index in [1.165, 1.54) is 5.56 Å². The Hall–Kier alpha value is -2.95. The van der Waals surface area contributed by atoms with Gasteiger partial charge in [0, 0.05) is 31.5 Å². The Morgan fingerprint density at radius 3 is 2.30 bits per heavy atom. The number of aromatic nitrogens is 3. The number of hydrogen-bond acceptors (Lipinski definition) is 5. The molecule has 0 unspecified atom stereocenters. The van der Waals surface area contributed by atoms with Crippen LogP contribution in [-0.2, 0) is 13.0 Å². The molecule has 0 atom stereocenters. The maximum absolute atomic E-state index is 4.25. The first-order valence-electron chi connectivity index (χ1n) is 7.63. The summed E-state index contributed by atoms with van der Waals surface area (Å²) in [5.74, 6) is 1.63. The molecule has 3 aromatic rings. The van der Waals surface area contributed by atoms with Gasteiger partial charge in [0.05, 0.1) is 0 Å². The number of benzene rings is 1. The minimum atomic E-state index is 0.711. The zero-order valence-electron chi connectivity index (χ0n) is 12.8. The number of rotatable bonds is 7. The highest BCUT2D eigenvalue weighted by Gasteiger charge is 1.99. The van der Waals surface area contributed by atoms with E-state index in [0.29, 0.717) is 6.54 Å². The monoisotopic (exact) mass is 305 g/mol. The Kier molecular flexibility index (Phi) is 5.13. The molecular weight excluding hydrogens is 286 g/mol. The third kappa shape index (κ3) is 4.78. The molecule has 1 aromatic carbocycles. The van der Waals surface area contributed by atoms with Crippen LogP contribution in [0.4, 0.5) is 11.6 Å². The van der Waals surface area contributed by atoms with Gasteiger partial charge in [-0.05, 0) is 29.7 Å². The van der Waals surface area contributed by atoms with E-state index in [1.807, 2.05) is 24.3 Å². The SMILES string of the molecule is c1ccc(CCNc2cc(NCc3ccncc3)ncn2)cc1. The number of anilines is 2. The van der Waals surface area contributed by atoms with Crippen molar-refractivity contribution < 1.29 is 0 Å². The van der Waals surface area contributed by atoms with E-state index in [2.05, 4.69) is 49.9 Å². The summed E-state index contributed by atoms with van der Waals surface area (Å²) >= 11 is 0. The lowest BCUT2D eigenvalue weighted by atomic mass is 10.1. The average Bonchev–Trinajstić information content (AvgIpc) is 2.62. The molecule has 0 amide bonds. The summed E-state index contributed by atoms with van der Waals surface area (Å²) in [6.45, 7) is 1.55. The Morgan fingerprint density at radius 1 is 0.783 bits per heavy atom. The van der Waals surface area contributed by atoms with E-state index in [9.17, 15) is 0 Å². The summed E-state index contributed by atoms with van der Waals surface area (Å²) in [4.78, 5) is 12.5. The maximum Gasteiger partial charge on any atom is 0.131 e. The molecule has 2 N–H and O–H groups in total. The minimum Gasteiger partial charge on any atom is -0.370 e. The zero-order chi connectivity index (χ0) is 15.7. The Morgan fingerprint density at radius 2 is 1.52 bits per heavy atom. The fourth-order valence-electron chi connectivity index (χ4n) is 2.22. The third-order valence-corrected chi connectivity index (χ3v) is 3.45. The molecule has 5 nitrogen and oxygen atoms in total. The molecule has 0 saturated heterocycles. The predicted molar refractivity (Wildman–Crippen MR) is 92.2 cm³/mol. The Labute approximate surface area is 135 Å². The average molecular weight is 305 g/mol. The van der Waals surface area contributed by atoms with Gasteiger partial charge in [0.25, 0.3) is 0 Å².